The standard InChI is InChI=1S/C45H76N6O16/c1-44(2,3)33(52)22-17-29(40(60)61)48-36(55)25-20-31(42(64)65)50-39(59)28(18-23-34(53)46-27-15-13-11-9-7-8-10-12-14-16-38(57)58)47-35(54)24-19-30(41(62)63)49-37(56)26-21-32(43(66)67)51-45(4,5)6/h28-32,51H,7-27H2,1-6H3,(H,46,53)(H,47,54)(H,48,55)(H,49,56)(H,50,59)(H,57,58)(H,60,61)(H,62,63)(H,64,65)(H,66,67)/t28-,29-,30-,31-,32-/m1/s1. The van der Waals surface area contributed by atoms with E-state index >= 15 is 0 Å². The predicted molar refractivity (Wildman–Crippen MR) is 242 cm³/mol. The number of Topliss-reactive ketones (excluding diaryl/α,β-unsaturated/α-hetero) is 1. The molecular weight excluding hydrogens is 881 g/mol. The van der Waals surface area contributed by atoms with Crippen molar-refractivity contribution in [3.63, 3.8) is 0 Å². The number of unbranched alkanes of at least 4 members (excludes halogenated alkanes) is 8. The van der Waals surface area contributed by atoms with Crippen molar-refractivity contribution in [2.45, 2.75) is 206 Å². The maximum absolute atomic E-state index is 13.5. The first-order valence-corrected chi connectivity index (χ1v) is 23.0. The molecule has 11 N–H and O–H groups in total. The molecule has 67 heavy (non-hydrogen) atoms. The highest BCUT2D eigenvalue weighted by molar-refractivity contribution is 5.92. The molecule has 0 aromatic rings. The Kier molecular flexibility index (Phi) is 29.4. The molecule has 0 aromatic heterocycles. The fraction of sp³-hybridized carbons (Fsp3) is 0.756. The van der Waals surface area contributed by atoms with E-state index in [1.54, 1.807) is 41.5 Å². The molecule has 0 saturated carbocycles. The lowest BCUT2D eigenvalue weighted by Crippen LogP contribution is -2.52. The summed E-state index contributed by atoms with van der Waals surface area (Å²) in [6, 6.07) is -7.40. The van der Waals surface area contributed by atoms with Gasteiger partial charge in [0.25, 0.3) is 0 Å². The summed E-state index contributed by atoms with van der Waals surface area (Å²) in [5, 5.41) is 62.2. The summed E-state index contributed by atoms with van der Waals surface area (Å²) in [7, 11) is 0. The number of hydrogen-bond acceptors (Lipinski definition) is 12. The molecule has 22 heteroatoms. The monoisotopic (exact) mass is 957 g/mol. The summed E-state index contributed by atoms with van der Waals surface area (Å²) in [6.45, 7) is 10.5. The quantitative estimate of drug-likeness (QED) is 0.0399. The minimum absolute atomic E-state index is 0.142. The third-order valence-electron chi connectivity index (χ3n) is 10.5. The van der Waals surface area contributed by atoms with E-state index in [9.17, 15) is 73.2 Å². The van der Waals surface area contributed by atoms with Gasteiger partial charge in [0.15, 0.2) is 0 Å². The second-order valence-corrected chi connectivity index (χ2v) is 18.8. The second kappa shape index (κ2) is 32.1. The number of nitrogens with one attached hydrogen (secondary N) is 6. The molecule has 0 spiro atoms. The summed E-state index contributed by atoms with van der Waals surface area (Å²) in [6.07, 6.45) is 4.45. The van der Waals surface area contributed by atoms with Crippen molar-refractivity contribution in [1.82, 2.24) is 31.9 Å². The lowest BCUT2D eigenvalue weighted by molar-refractivity contribution is -0.144. The molecular formula is C45H76N6O16. The average molecular weight is 957 g/mol. The number of carbonyl (C=O) groups is 11. The van der Waals surface area contributed by atoms with Crippen molar-refractivity contribution in [3.8, 4) is 0 Å². The molecule has 0 rings (SSSR count). The van der Waals surface area contributed by atoms with E-state index in [2.05, 4.69) is 31.9 Å². The van der Waals surface area contributed by atoms with Gasteiger partial charge in [-0.15, -0.1) is 0 Å². The smallest absolute Gasteiger partial charge is 0.326 e. The minimum atomic E-state index is -1.72. The van der Waals surface area contributed by atoms with Crippen LogP contribution in [0.2, 0.25) is 0 Å². The Morgan fingerprint density at radius 1 is 0.388 bits per heavy atom. The number of hydrogen-bond donors (Lipinski definition) is 11. The van der Waals surface area contributed by atoms with Crippen LogP contribution in [0.1, 0.15) is 170 Å². The van der Waals surface area contributed by atoms with Crippen molar-refractivity contribution in [3.05, 3.63) is 0 Å². The lowest BCUT2D eigenvalue weighted by atomic mass is 9.87. The van der Waals surface area contributed by atoms with Crippen molar-refractivity contribution >= 4 is 65.2 Å². The van der Waals surface area contributed by atoms with Crippen LogP contribution in [0.25, 0.3) is 0 Å². The Hall–Kier alpha value is -5.67. The van der Waals surface area contributed by atoms with Gasteiger partial charge < -0.3 is 52.1 Å². The highest BCUT2D eigenvalue weighted by Gasteiger charge is 2.31. The van der Waals surface area contributed by atoms with Gasteiger partial charge in [-0.05, 0) is 65.7 Å². The Morgan fingerprint density at radius 3 is 1.13 bits per heavy atom. The first kappa shape index (κ1) is 61.3. The summed E-state index contributed by atoms with van der Waals surface area (Å²) in [5.41, 5.74) is -1.34. The van der Waals surface area contributed by atoms with Gasteiger partial charge in [0.05, 0.1) is 0 Å². The average Bonchev–Trinajstić information content (AvgIpc) is 3.21. The van der Waals surface area contributed by atoms with Gasteiger partial charge in [-0.25, -0.2) is 14.4 Å². The zero-order chi connectivity index (χ0) is 51.3. The van der Waals surface area contributed by atoms with E-state index in [0.29, 0.717) is 19.4 Å². The van der Waals surface area contributed by atoms with Gasteiger partial charge in [0.1, 0.15) is 36.0 Å². The van der Waals surface area contributed by atoms with E-state index in [1.165, 1.54) is 0 Å². The first-order valence-electron chi connectivity index (χ1n) is 23.0. The van der Waals surface area contributed by atoms with Crippen molar-refractivity contribution in [1.29, 1.82) is 0 Å². The van der Waals surface area contributed by atoms with E-state index in [-0.39, 0.29) is 50.7 Å². The second-order valence-electron chi connectivity index (χ2n) is 18.8. The van der Waals surface area contributed by atoms with Crippen LogP contribution < -0.4 is 31.9 Å². The molecule has 0 heterocycles. The molecule has 0 aliphatic heterocycles. The first-order chi connectivity index (χ1) is 31.1. The third-order valence-corrected chi connectivity index (χ3v) is 10.5. The molecule has 5 atom stereocenters. The molecule has 0 radical (unpaired) electrons. The lowest BCUT2D eigenvalue weighted by Gasteiger charge is -2.26. The van der Waals surface area contributed by atoms with E-state index in [4.69, 9.17) is 5.11 Å². The zero-order valence-corrected chi connectivity index (χ0v) is 40.0. The molecule has 0 bridgehead atoms. The van der Waals surface area contributed by atoms with Crippen LogP contribution in [0, 0.1) is 5.41 Å². The van der Waals surface area contributed by atoms with Crippen LogP contribution in [0.5, 0.6) is 0 Å². The third kappa shape index (κ3) is 31.0. The van der Waals surface area contributed by atoms with Crippen LogP contribution in [-0.2, 0) is 52.7 Å². The van der Waals surface area contributed by atoms with Crippen molar-refractivity contribution in [2.24, 2.45) is 5.41 Å². The highest BCUT2D eigenvalue weighted by atomic mass is 16.4. The number of amides is 5. The summed E-state index contributed by atoms with van der Waals surface area (Å²) >= 11 is 0. The fourth-order valence-corrected chi connectivity index (χ4v) is 6.60. The van der Waals surface area contributed by atoms with Gasteiger partial charge >= 0.3 is 29.8 Å². The number of carbonyl (C=O) groups excluding carboxylic acids is 6. The van der Waals surface area contributed by atoms with Gasteiger partial charge in [0.2, 0.25) is 29.5 Å². The van der Waals surface area contributed by atoms with Crippen LogP contribution in [0.4, 0.5) is 0 Å². The van der Waals surface area contributed by atoms with Crippen LogP contribution >= 0.6 is 0 Å². The summed E-state index contributed by atoms with van der Waals surface area (Å²) < 4.78 is 0. The van der Waals surface area contributed by atoms with E-state index in [1.807, 2.05) is 0 Å². The molecule has 0 saturated heterocycles. The number of rotatable bonds is 37. The molecule has 0 unspecified atom stereocenters. The Bertz CT molecular complexity index is 1670. The number of carboxylic acid groups (broad SMARTS) is 5. The molecule has 0 aliphatic rings. The maximum Gasteiger partial charge on any atom is 0.326 e. The van der Waals surface area contributed by atoms with Crippen LogP contribution in [-0.4, -0.2) is 133 Å². The number of aliphatic carboxylic acids is 5. The Labute approximate surface area is 392 Å². The number of ketones is 1. The molecule has 0 fully saturated rings. The van der Waals surface area contributed by atoms with Gasteiger partial charge in [0, 0.05) is 56.0 Å². The Balaban J connectivity index is 5.65. The summed E-state index contributed by atoms with van der Waals surface area (Å²) in [5.74, 6) is -10.8. The topological polar surface area (TPSA) is 361 Å². The van der Waals surface area contributed by atoms with Gasteiger partial charge in [-0.1, -0.05) is 65.7 Å². The summed E-state index contributed by atoms with van der Waals surface area (Å²) in [4.78, 5) is 135. The minimum Gasteiger partial charge on any atom is -0.481 e. The van der Waals surface area contributed by atoms with E-state index in [0.717, 1.165) is 44.9 Å². The SMILES string of the molecule is CC(C)(C)N[C@H](CCC(=O)N[C@H](CCC(=O)N[C@H](CCC(=O)NCCCCCCCCCCCC(=O)O)C(=O)N[C@H](CCC(=O)N[C@H](CCC(=O)C(C)(C)C)C(=O)O)C(=O)O)C(=O)O)C(=O)O. The maximum atomic E-state index is 13.5. The molecule has 0 aliphatic carbocycles. The van der Waals surface area contributed by atoms with Crippen molar-refractivity contribution < 1.29 is 78.3 Å². The highest BCUT2D eigenvalue weighted by Crippen LogP contribution is 2.19. The van der Waals surface area contributed by atoms with Gasteiger partial charge in [-0.3, -0.25) is 43.7 Å². The largest absolute Gasteiger partial charge is 0.481 e. The van der Waals surface area contributed by atoms with Gasteiger partial charge in [-0.2, -0.15) is 0 Å². The molecule has 382 valence electrons. The van der Waals surface area contributed by atoms with Crippen molar-refractivity contribution in [2.75, 3.05) is 6.54 Å². The molecule has 0 aromatic carbocycles. The molecule has 5 amide bonds. The zero-order valence-electron chi connectivity index (χ0n) is 40.0. The number of carboxylic acids is 5. The van der Waals surface area contributed by atoms with Crippen LogP contribution in [0.3, 0.4) is 0 Å². The van der Waals surface area contributed by atoms with Crippen LogP contribution in [0.15, 0.2) is 0 Å². The normalized spacial score (nSPS) is 13.7. The predicted octanol–water partition coefficient (Wildman–Crippen LogP) is 2.64. The Morgan fingerprint density at radius 2 is 0.731 bits per heavy atom. The molecule has 22 nitrogen and oxygen atoms in total. The van der Waals surface area contributed by atoms with E-state index < -0.39 is 126 Å². The fourth-order valence-electron chi connectivity index (χ4n) is 6.60.